The molecule has 4 rings (SSSR count). The van der Waals surface area contributed by atoms with Gasteiger partial charge in [-0.25, -0.2) is 19.9 Å². The van der Waals surface area contributed by atoms with Crippen molar-refractivity contribution in [2.45, 2.75) is 11.9 Å². The van der Waals surface area contributed by atoms with Gasteiger partial charge in [0.05, 0.1) is 36.3 Å². The van der Waals surface area contributed by atoms with E-state index in [-0.39, 0.29) is 37.4 Å². The van der Waals surface area contributed by atoms with Gasteiger partial charge < -0.3 is 20.5 Å². The lowest BCUT2D eigenvalue weighted by Crippen LogP contribution is -2.23. The van der Waals surface area contributed by atoms with Crippen LogP contribution in [0.5, 0.6) is 0 Å². The number of halogens is 4. The van der Waals surface area contributed by atoms with Crippen LogP contribution in [0, 0.1) is 0 Å². The highest BCUT2D eigenvalue weighted by Gasteiger charge is 2.03. The molecule has 2 heterocycles. The van der Waals surface area contributed by atoms with Crippen molar-refractivity contribution in [3.63, 3.8) is 0 Å². The van der Waals surface area contributed by atoms with Crippen molar-refractivity contribution in [1.29, 1.82) is 0 Å². The van der Waals surface area contributed by atoms with Crippen molar-refractivity contribution < 1.29 is 19.1 Å². The third kappa shape index (κ3) is 13.9. The van der Waals surface area contributed by atoms with Crippen molar-refractivity contribution in [3.05, 3.63) is 93.4 Å². The first-order chi connectivity index (χ1) is 19.8. The minimum atomic E-state index is -0.380. The highest BCUT2D eigenvalue weighted by molar-refractivity contribution is 9.10. The molecule has 2 aromatic heterocycles. The summed E-state index contributed by atoms with van der Waals surface area (Å²) in [4.78, 5) is 37.7. The first-order valence-electron chi connectivity index (χ1n) is 12.0. The van der Waals surface area contributed by atoms with Gasteiger partial charge in [-0.05, 0) is 43.0 Å². The van der Waals surface area contributed by atoms with E-state index in [1.54, 1.807) is 24.8 Å². The number of benzene rings is 2. The molecule has 0 amide bonds. The fraction of sp³-hybridized carbons (Fsp3) is 0.214. The Labute approximate surface area is 276 Å². The SMILES string of the molecule is BrCc1ccc(-c2ncc(Br)cn2)cc1.COC(=O)CN.COC(=O)CNCc1ccc(-c2ncc(Br)cn2)cc1.Cl. The minimum Gasteiger partial charge on any atom is -0.468 e. The third-order valence-electron chi connectivity index (χ3n) is 5.04. The molecule has 0 saturated heterocycles. The predicted octanol–water partition coefficient (Wildman–Crippen LogP) is 5.51. The van der Waals surface area contributed by atoms with E-state index < -0.39 is 0 Å². The molecule has 3 N–H and O–H groups in total. The number of nitrogens with two attached hydrogens (primary N) is 1. The lowest BCUT2D eigenvalue weighted by molar-refractivity contribution is -0.140. The summed E-state index contributed by atoms with van der Waals surface area (Å²) in [5, 5.41) is 3.88. The monoisotopic (exact) mass is 786 g/mol. The average molecular weight is 790 g/mol. The molecule has 42 heavy (non-hydrogen) atoms. The molecule has 224 valence electrons. The van der Waals surface area contributed by atoms with Crippen LogP contribution in [-0.2, 0) is 30.9 Å². The number of alkyl halides is 1. The molecule has 2 aromatic carbocycles. The maximum atomic E-state index is 11.0. The minimum absolute atomic E-state index is 0. The molecule has 0 spiro atoms. The normalized spacial score (nSPS) is 9.67. The van der Waals surface area contributed by atoms with Gasteiger partial charge in [0, 0.05) is 47.8 Å². The molecule has 0 aliphatic carbocycles. The second-order valence-corrected chi connectivity index (χ2v) is 10.3. The van der Waals surface area contributed by atoms with Gasteiger partial charge in [0.15, 0.2) is 11.6 Å². The van der Waals surface area contributed by atoms with Crippen LogP contribution in [0.15, 0.2) is 82.3 Å². The molecular weight excluding hydrogens is 760 g/mol. The van der Waals surface area contributed by atoms with Gasteiger partial charge in [-0.15, -0.1) is 12.4 Å². The molecule has 14 heteroatoms. The summed E-state index contributed by atoms with van der Waals surface area (Å²) in [7, 11) is 2.67. The maximum Gasteiger partial charge on any atom is 0.319 e. The van der Waals surface area contributed by atoms with Gasteiger partial charge in [0.25, 0.3) is 0 Å². The number of nitrogens with zero attached hydrogens (tertiary/aromatic N) is 4. The van der Waals surface area contributed by atoms with E-state index in [1.165, 1.54) is 19.8 Å². The lowest BCUT2D eigenvalue weighted by Gasteiger charge is -2.05. The quantitative estimate of drug-likeness (QED) is 0.174. The molecule has 10 nitrogen and oxygen atoms in total. The number of rotatable bonds is 8. The highest BCUT2D eigenvalue weighted by Crippen LogP contribution is 2.18. The summed E-state index contributed by atoms with van der Waals surface area (Å²) in [5.74, 6) is 0.779. The predicted molar refractivity (Wildman–Crippen MR) is 175 cm³/mol. The summed E-state index contributed by atoms with van der Waals surface area (Å²) in [6.45, 7) is 0.779. The standard InChI is InChI=1S/C14H14BrN3O2.C11H8Br2N2.C3H7NO2.ClH/c1-20-13(19)9-16-6-10-2-4-11(5-3-10)14-17-7-12(15)8-18-14;12-5-8-1-3-9(4-2-8)11-14-6-10(13)7-15-11;1-6-3(5)2-4;/h2-5,7-8,16H,6,9H2,1H3;1-4,6-7H,5H2;2,4H2,1H3;1H. The summed E-state index contributed by atoms with van der Waals surface area (Å²) >= 11 is 10.0. The number of hydrogen-bond donors (Lipinski definition) is 2. The van der Waals surface area contributed by atoms with Crippen LogP contribution in [0.2, 0.25) is 0 Å². The van der Waals surface area contributed by atoms with E-state index in [9.17, 15) is 9.59 Å². The first-order valence-corrected chi connectivity index (χ1v) is 14.7. The fourth-order valence-electron chi connectivity index (χ4n) is 2.90. The third-order valence-corrected chi connectivity index (χ3v) is 6.51. The number of carbonyl (C=O) groups excluding carboxylic acids is 2. The molecule has 0 radical (unpaired) electrons. The second kappa shape index (κ2) is 21.0. The van der Waals surface area contributed by atoms with E-state index >= 15 is 0 Å². The van der Waals surface area contributed by atoms with Crippen LogP contribution in [-0.4, -0.2) is 59.2 Å². The van der Waals surface area contributed by atoms with E-state index in [0.29, 0.717) is 12.4 Å². The Kier molecular flexibility index (Phi) is 18.6. The largest absolute Gasteiger partial charge is 0.468 e. The maximum absolute atomic E-state index is 11.0. The van der Waals surface area contributed by atoms with Gasteiger partial charge in [-0.1, -0.05) is 64.5 Å². The zero-order chi connectivity index (χ0) is 30.0. The smallest absolute Gasteiger partial charge is 0.319 e. The van der Waals surface area contributed by atoms with Crippen LogP contribution < -0.4 is 11.1 Å². The summed E-state index contributed by atoms with van der Waals surface area (Å²) < 4.78 is 10.4. The molecule has 0 atom stereocenters. The zero-order valence-corrected chi connectivity index (χ0v) is 28.4. The number of aromatic nitrogens is 4. The molecule has 0 aliphatic heterocycles. The zero-order valence-electron chi connectivity index (χ0n) is 22.8. The first kappa shape index (κ1) is 37.2. The number of carbonyl (C=O) groups is 2. The average Bonchev–Trinajstić information content (AvgIpc) is 3.02. The van der Waals surface area contributed by atoms with E-state index in [2.05, 4.69) is 94.6 Å². The molecule has 0 fully saturated rings. The molecule has 0 aliphatic rings. The Balaban J connectivity index is 0.000000354. The number of methoxy groups -OCH3 is 2. The summed E-state index contributed by atoms with van der Waals surface area (Å²) in [5.41, 5.74) is 9.12. The number of nitrogens with one attached hydrogen (secondary N) is 1. The Morgan fingerprint density at radius 3 is 1.48 bits per heavy atom. The van der Waals surface area contributed by atoms with Crippen LogP contribution in [0.25, 0.3) is 22.8 Å². The molecule has 0 bridgehead atoms. The Hall–Kier alpha value is -2.81. The molecular formula is C28H30Br3ClN6O4. The van der Waals surface area contributed by atoms with Crippen LogP contribution in [0.4, 0.5) is 0 Å². The van der Waals surface area contributed by atoms with Gasteiger partial charge >= 0.3 is 11.9 Å². The summed E-state index contributed by atoms with van der Waals surface area (Å²) in [6, 6.07) is 16.1. The number of ether oxygens (including phenoxy) is 2. The molecule has 0 saturated carbocycles. The van der Waals surface area contributed by atoms with Crippen molar-refractivity contribution in [2.75, 3.05) is 27.3 Å². The topological polar surface area (TPSA) is 142 Å². The second-order valence-electron chi connectivity index (χ2n) is 7.94. The Bertz CT molecular complexity index is 1340. The van der Waals surface area contributed by atoms with Crippen LogP contribution >= 0.6 is 60.2 Å². The van der Waals surface area contributed by atoms with Crippen molar-refractivity contribution in [1.82, 2.24) is 25.3 Å². The van der Waals surface area contributed by atoms with Crippen molar-refractivity contribution in [3.8, 4) is 22.8 Å². The van der Waals surface area contributed by atoms with Crippen molar-refractivity contribution in [2.24, 2.45) is 5.73 Å². The number of hydrogen-bond acceptors (Lipinski definition) is 10. The lowest BCUT2D eigenvalue weighted by atomic mass is 10.1. The fourth-order valence-corrected chi connectivity index (χ4v) is 3.69. The molecule has 0 unspecified atom stereocenters. The van der Waals surface area contributed by atoms with E-state index in [0.717, 1.165) is 36.8 Å². The van der Waals surface area contributed by atoms with Crippen LogP contribution in [0.1, 0.15) is 11.1 Å². The Morgan fingerprint density at radius 1 is 0.738 bits per heavy atom. The van der Waals surface area contributed by atoms with Crippen LogP contribution in [0.3, 0.4) is 0 Å². The Morgan fingerprint density at radius 2 is 1.14 bits per heavy atom. The van der Waals surface area contributed by atoms with Gasteiger partial charge in [-0.3, -0.25) is 9.59 Å². The van der Waals surface area contributed by atoms with Crippen molar-refractivity contribution >= 4 is 72.1 Å². The molecule has 4 aromatic rings. The van der Waals surface area contributed by atoms with Gasteiger partial charge in [-0.2, -0.15) is 0 Å². The summed E-state index contributed by atoms with van der Waals surface area (Å²) in [6.07, 6.45) is 6.93. The van der Waals surface area contributed by atoms with Gasteiger partial charge in [0.2, 0.25) is 0 Å². The highest BCUT2D eigenvalue weighted by atomic mass is 79.9. The number of esters is 2. The van der Waals surface area contributed by atoms with E-state index in [1.807, 2.05) is 36.4 Å². The van der Waals surface area contributed by atoms with Gasteiger partial charge in [0.1, 0.15) is 0 Å². The van der Waals surface area contributed by atoms with E-state index in [4.69, 9.17) is 5.73 Å².